The maximum Gasteiger partial charge on any atom is 0.162 e. The van der Waals surface area contributed by atoms with Gasteiger partial charge in [-0.1, -0.05) is 33.6 Å². The van der Waals surface area contributed by atoms with Gasteiger partial charge in [-0.15, -0.1) is 0 Å². The average molecular weight is 466 g/mol. The molecule has 0 aliphatic carbocycles. The van der Waals surface area contributed by atoms with Crippen LogP contribution in [0.2, 0.25) is 5.02 Å². The van der Waals surface area contributed by atoms with Gasteiger partial charge in [0.1, 0.15) is 12.4 Å². The first-order valence-corrected chi connectivity index (χ1v) is 9.77. The van der Waals surface area contributed by atoms with E-state index in [1.54, 1.807) is 31.6 Å². The highest BCUT2D eigenvalue weighted by atomic mass is 79.9. The lowest BCUT2D eigenvalue weighted by molar-refractivity contribution is 0.279. The second-order valence-corrected chi connectivity index (χ2v) is 7.30. The average Bonchev–Trinajstić information content (AvgIpc) is 2.70. The molecule has 0 bridgehead atoms. The summed E-state index contributed by atoms with van der Waals surface area (Å²) < 4.78 is 26.0. The van der Waals surface area contributed by atoms with Crippen molar-refractivity contribution in [2.24, 2.45) is 0 Å². The monoisotopic (exact) mass is 464 g/mol. The Morgan fingerprint density at radius 3 is 2.61 bits per heavy atom. The Kier molecular flexibility index (Phi) is 7.25. The van der Waals surface area contributed by atoms with Crippen LogP contribution in [0.1, 0.15) is 16.7 Å². The molecule has 28 heavy (non-hydrogen) atoms. The van der Waals surface area contributed by atoms with Gasteiger partial charge in [0.05, 0.1) is 12.1 Å². The molecule has 0 aliphatic rings. The largest absolute Gasteiger partial charge is 0.493 e. The Bertz CT molecular complexity index is 921. The van der Waals surface area contributed by atoms with Crippen LogP contribution in [-0.2, 0) is 19.7 Å². The molecule has 0 radical (unpaired) electrons. The van der Waals surface area contributed by atoms with Crippen molar-refractivity contribution < 1.29 is 13.9 Å². The fraction of sp³-hybridized carbons (Fsp3) is 0.190. The van der Waals surface area contributed by atoms with Gasteiger partial charge in [0, 0.05) is 35.5 Å². The summed E-state index contributed by atoms with van der Waals surface area (Å²) in [7, 11) is 1.57. The van der Waals surface area contributed by atoms with Gasteiger partial charge in [0.15, 0.2) is 11.5 Å². The molecule has 3 aromatic rings. The lowest BCUT2D eigenvalue weighted by Crippen LogP contribution is -2.13. The molecule has 0 unspecified atom stereocenters. The van der Waals surface area contributed by atoms with Gasteiger partial charge in [-0.2, -0.15) is 0 Å². The van der Waals surface area contributed by atoms with E-state index >= 15 is 0 Å². The number of pyridine rings is 1. The second kappa shape index (κ2) is 9.87. The molecule has 0 fully saturated rings. The summed E-state index contributed by atoms with van der Waals surface area (Å²) in [6.45, 7) is 1.37. The van der Waals surface area contributed by atoms with Gasteiger partial charge in [-0.3, -0.25) is 4.98 Å². The molecule has 7 heteroatoms. The maximum atomic E-state index is 13.9. The molecule has 4 nitrogen and oxygen atoms in total. The molecular weight excluding hydrogens is 447 g/mol. The van der Waals surface area contributed by atoms with E-state index in [2.05, 4.69) is 26.2 Å². The normalized spacial score (nSPS) is 10.7. The van der Waals surface area contributed by atoms with Gasteiger partial charge in [-0.25, -0.2) is 4.39 Å². The summed E-state index contributed by atoms with van der Waals surface area (Å²) in [6.07, 6.45) is 3.54. The van der Waals surface area contributed by atoms with Crippen molar-refractivity contribution >= 4 is 27.5 Å². The predicted octanol–water partition coefficient (Wildman–Crippen LogP) is 5.51. The quantitative estimate of drug-likeness (QED) is 0.476. The van der Waals surface area contributed by atoms with E-state index in [9.17, 15) is 4.39 Å². The summed E-state index contributed by atoms with van der Waals surface area (Å²) in [5.41, 5.74) is 2.48. The second-order valence-electron chi connectivity index (χ2n) is 6.04. The van der Waals surface area contributed by atoms with Crippen molar-refractivity contribution in [2.75, 3.05) is 7.11 Å². The van der Waals surface area contributed by atoms with E-state index in [-0.39, 0.29) is 6.61 Å². The van der Waals surface area contributed by atoms with Crippen LogP contribution in [-0.4, -0.2) is 12.1 Å². The molecule has 2 aromatic carbocycles. The Hall–Kier alpha value is -2.15. The number of benzene rings is 2. The van der Waals surface area contributed by atoms with Crippen molar-refractivity contribution in [3.8, 4) is 11.5 Å². The molecule has 0 amide bonds. The number of hydrogen-bond acceptors (Lipinski definition) is 4. The standard InChI is InChI=1S/C21H19BrClFN2O2/c1-27-20-9-15(12-26-11-14-5-7-25-8-6-14)17(22)10-21(20)28-13-16-18(23)3-2-4-19(16)24/h2-10,26H,11-13H2,1H3. The third-order valence-electron chi connectivity index (χ3n) is 4.16. The number of nitrogens with one attached hydrogen (secondary N) is 1. The molecule has 0 atom stereocenters. The smallest absolute Gasteiger partial charge is 0.162 e. The highest BCUT2D eigenvalue weighted by molar-refractivity contribution is 9.10. The third-order valence-corrected chi connectivity index (χ3v) is 5.25. The lowest BCUT2D eigenvalue weighted by atomic mass is 10.2. The molecule has 1 N–H and O–H groups in total. The number of nitrogens with zero attached hydrogens (tertiary/aromatic N) is 1. The number of aromatic nitrogens is 1. The van der Waals surface area contributed by atoms with Crippen LogP contribution in [0.25, 0.3) is 0 Å². The summed E-state index contributed by atoms with van der Waals surface area (Å²) in [4.78, 5) is 4.01. The highest BCUT2D eigenvalue weighted by Crippen LogP contribution is 2.34. The van der Waals surface area contributed by atoms with Crippen molar-refractivity contribution in [3.63, 3.8) is 0 Å². The Balaban J connectivity index is 1.68. The summed E-state index contributed by atoms with van der Waals surface area (Å²) in [5.74, 6) is 0.672. The Morgan fingerprint density at radius 1 is 1.11 bits per heavy atom. The van der Waals surface area contributed by atoms with Crippen LogP contribution in [0.15, 0.2) is 59.3 Å². The maximum absolute atomic E-state index is 13.9. The number of hydrogen-bond donors (Lipinski definition) is 1. The third kappa shape index (κ3) is 5.22. The zero-order chi connectivity index (χ0) is 19.9. The molecule has 1 heterocycles. The topological polar surface area (TPSA) is 43.4 Å². The van der Waals surface area contributed by atoms with Crippen molar-refractivity contribution in [1.82, 2.24) is 10.3 Å². The predicted molar refractivity (Wildman–Crippen MR) is 111 cm³/mol. The first-order valence-electron chi connectivity index (χ1n) is 8.60. The van der Waals surface area contributed by atoms with E-state index < -0.39 is 5.82 Å². The first kappa shape index (κ1) is 20.6. The number of methoxy groups -OCH3 is 1. The Morgan fingerprint density at radius 2 is 1.89 bits per heavy atom. The van der Waals surface area contributed by atoms with Gasteiger partial charge in [0.2, 0.25) is 0 Å². The molecular formula is C21H19BrClFN2O2. The van der Waals surface area contributed by atoms with Crippen LogP contribution in [0.3, 0.4) is 0 Å². The zero-order valence-corrected chi connectivity index (χ0v) is 17.6. The van der Waals surface area contributed by atoms with E-state index in [1.165, 1.54) is 6.07 Å². The van der Waals surface area contributed by atoms with E-state index in [1.807, 2.05) is 24.3 Å². The van der Waals surface area contributed by atoms with Crippen LogP contribution < -0.4 is 14.8 Å². The summed E-state index contributed by atoms with van der Waals surface area (Å²) in [5, 5.41) is 3.71. The fourth-order valence-electron chi connectivity index (χ4n) is 2.65. The van der Waals surface area contributed by atoms with Gasteiger partial charge < -0.3 is 14.8 Å². The molecule has 0 spiro atoms. The SMILES string of the molecule is COc1cc(CNCc2ccncc2)c(Br)cc1OCc1c(F)cccc1Cl. The lowest BCUT2D eigenvalue weighted by Gasteiger charge is -2.15. The minimum absolute atomic E-state index is 0.00788. The summed E-state index contributed by atoms with van der Waals surface area (Å²) >= 11 is 9.63. The van der Waals surface area contributed by atoms with E-state index in [4.69, 9.17) is 21.1 Å². The first-order chi connectivity index (χ1) is 13.6. The van der Waals surface area contributed by atoms with Crippen LogP contribution in [0.5, 0.6) is 11.5 Å². The molecule has 0 saturated carbocycles. The molecule has 0 aliphatic heterocycles. The van der Waals surface area contributed by atoms with Crippen LogP contribution >= 0.6 is 27.5 Å². The zero-order valence-electron chi connectivity index (χ0n) is 15.2. The van der Waals surface area contributed by atoms with Crippen molar-refractivity contribution in [3.05, 3.63) is 86.9 Å². The molecule has 3 rings (SSSR count). The van der Waals surface area contributed by atoms with Gasteiger partial charge in [-0.05, 0) is 47.5 Å². The van der Waals surface area contributed by atoms with Crippen molar-refractivity contribution in [1.29, 1.82) is 0 Å². The molecule has 146 valence electrons. The number of rotatable bonds is 8. The van der Waals surface area contributed by atoms with Gasteiger partial charge in [0.25, 0.3) is 0 Å². The number of ether oxygens (including phenoxy) is 2. The fourth-order valence-corrected chi connectivity index (χ4v) is 3.33. The minimum Gasteiger partial charge on any atom is -0.493 e. The van der Waals surface area contributed by atoms with Crippen molar-refractivity contribution in [2.45, 2.75) is 19.7 Å². The van der Waals surface area contributed by atoms with Crippen LogP contribution in [0, 0.1) is 5.82 Å². The van der Waals surface area contributed by atoms with E-state index in [0.717, 1.165) is 22.1 Å². The van der Waals surface area contributed by atoms with Gasteiger partial charge >= 0.3 is 0 Å². The molecule has 1 aromatic heterocycles. The number of halogens is 3. The minimum atomic E-state index is -0.400. The summed E-state index contributed by atoms with van der Waals surface area (Å²) in [6, 6.07) is 12.2. The van der Waals surface area contributed by atoms with E-state index in [0.29, 0.717) is 28.6 Å². The highest BCUT2D eigenvalue weighted by Gasteiger charge is 2.13. The Labute approximate surface area is 176 Å². The molecule has 0 saturated heterocycles. The van der Waals surface area contributed by atoms with Crippen LogP contribution in [0.4, 0.5) is 4.39 Å².